The van der Waals surface area contributed by atoms with E-state index in [1.165, 1.54) is 108 Å². The zero-order valence-electron chi connectivity index (χ0n) is 29.2. The quantitative estimate of drug-likeness (QED) is 0.0954. The van der Waals surface area contributed by atoms with Crippen molar-refractivity contribution in [3.63, 3.8) is 0 Å². The molecule has 0 aromatic carbocycles. The Morgan fingerprint density at radius 2 is 0.980 bits per heavy atom. The molecule has 3 N–H and O–H groups in total. The summed E-state index contributed by atoms with van der Waals surface area (Å²) in [5.41, 5.74) is 6.91. The van der Waals surface area contributed by atoms with E-state index in [0.717, 1.165) is 37.1 Å². The Labute approximate surface area is 328 Å². The molecule has 49 heavy (non-hydrogen) atoms. The number of carbonyl (C=O) groups excluding carboxylic acids is 2. The molecule has 0 aliphatic carbocycles. The lowest BCUT2D eigenvalue weighted by Gasteiger charge is -2.04. The highest BCUT2D eigenvalue weighted by Gasteiger charge is 2.01. The molecule has 2 heterocycles. The van der Waals surface area contributed by atoms with Crippen LogP contribution in [0.4, 0.5) is 11.4 Å². The van der Waals surface area contributed by atoms with Crippen molar-refractivity contribution in [3.8, 4) is 0 Å². The molecule has 0 bridgehead atoms. The minimum Gasteiger partial charge on any atom is -0.399 e. The Balaban J connectivity index is 0. The van der Waals surface area contributed by atoms with Crippen LogP contribution in [0, 0.1) is 0 Å². The number of carbonyl (C=O) groups is 2. The molecular formula is C34H57ClN4O2S8. The number of hydrogen-bond acceptors (Lipinski definition) is 7. The van der Waals surface area contributed by atoms with Crippen molar-refractivity contribution in [3.05, 3.63) is 49.1 Å². The highest BCUT2D eigenvalue weighted by atomic mass is 35.5. The Morgan fingerprint density at radius 1 is 0.612 bits per heavy atom. The number of halogens is 1. The normalized spacial score (nSPS) is 9.53. The number of nitrogens with zero attached hydrogens (tertiary/aromatic N) is 2. The van der Waals surface area contributed by atoms with Crippen LogP contribution in [-0.4, -0.2) is 21.1 Å². The fraction of sp³-hybridized carbons (Fsp3) is 0.647. The summed E-state index contributed by atoms with van der Waals surface area (Å²) in [5.74, 6) is 0.110. The van der Waals surface area contributed by atoms with Crippen molar-refractivity contribution in [2.75, 3.05) is 11.1 Å². The molecule has 0 atom stereocenters. The minimum absolute atomic E-state index is 0.110. The first-order valence-electron chi connectivity index (χ1n) is 17.2. The number of aromatic nitrogens is 2. The standard InChI is InChI=1S/C17H28N2O.C12H23ClO.C5H6N2.S8/c1-2-3-4-5-6-7-8-9-10-11-17(20)19-16-12-14-18-15-13-16;1-2-3-4-5-6-7-8-9-10-11-12(13)14;6-5-1-3-7-4-2-5;1-3-5-7-8-6-4-2/h12-15H,2-11H2,1H3,(H,18,19,20);2-11H2,1H3;1-4H,(H2,6,7);. The average molecular weight is 846 g/mol. The molecule has 0 fully saturated rings. The highest BCUT2D eigenvalue weighted by Crippen LogP contribution is 2.12. The van der Waals surface area contributed by atoms with Crippen LogP contribution in [0.3, 0.4) is 0 Å². The van der Waals surface area contributed by atoms with Crippen LogP contribution in [-0.2, 0) is 85.2 Å². The SMILES string of the molecule is CCCCCCCCCCCC(=O)Cl.CCCCCCCCCCCC(=O)Nc1ccncc1.Nc1ccncc1.S=S=S=S=S=S=S=S. The van der Waals surface area contributed by atoms with E-state index in [0.29, 0.717) is 12.8 Å². The van der Waals surface area contributed by atoms with Gasteiger partial charge < -0.3 is 11.1 Å². The largest absolute Gasteiger partial charge is 0.399 e. The van der Waals surface area contributed by atoms with Gasteiger partial charge >= 0.3 is 0 Å². The van der Waals surface area contributed by atoms with Gasteiger partial charge in [-0.1, -0.05) is 117 Å². The molecule has 0 radical (unpaired) electrons. The van der Waals surface area contributed by atoms with Gasteiger partial charge in [-0.05, 0) is 48.7 Å². The van der Waals surface area contributed by atoms with Crippen LogP contribution in [0.2, 0.25) is 0 Å². The fourth-order valence-electron chi connectivity index (χ4n) is 4.24. The van der Waals surface area contributed by atoms with Crippen molar-refractivity contribution < 1.29 is 9.59 Å². The van der Waals surface area contributed by atoms with Gasteiger partial charge in [0.15, 0.2) is 0 Å². The van der Waals surface area contributed by atoms with E-state index in [1.54, 1.807) is 72.4 Å². The van der Waals surface area contributed by atoms with E-state index in [-0.39, 0.29) is 11.1 Å². The van der Waals surface area contributed by atoms with E-state index in [1.807, 2.05) is 12.1 Å². The molecule has 1 amide bonds. The number of unbranched alkanes of at least 4 members (excludes halogenated alkanes) is 16. The summed E-state index contributed by atoms with van der Waals surface area (Å²) >= 11 is 14.4. The molecule has 0 aliphatic heterocycles. The lowest BCUT2D eigenvalue weighted by atomic mass is 10.1. The van der Waals surface area contributed by atoms with Crippen molar-refractivity contribution in [1.82, 2.24) is 9.97 Å². The van der Waals surface area contributed by atoms with Crippen LogP contribution in [0.1, 0.15) is 142 Å². The number of nitrogens with one attached hydrogen (secondary N) is 1. The minimum atomic E-state index is -0.187. The molecule has 6 nitrogen and oxygen atoms in total. The molecule has 0 saturated heterocycles. The van der Waals surface area contributed by atoms with E-state index in [2.05, 4.69) is 51.5 Å². The van der Waals surface area contributed by atoms with Crippen molar-refractivity contribution in [2.45, 2.75) is 142 Å². The topological polar surface area (TPSA) is 98.0 Å². The lowest BCUT2D eigenvalue weighted by molar-refractivity contribution is -0.116. The van der Waals surface area contributed by atoms with E-state index < -0.39 is 0 Å². The third kappa shape index (κ3) is 45.3. The predicted octanol–water partition coefficient (Wildman–Crippen LogP) is 10.3. The van der Waals surface area contributed by atoms with Crippen LogP contribution in [0.25, 0.3) is 0 Å². The molecule has 280 valence electrons. The van der Waals surface area contributed by atoms with Gasteiger partial charge in [-0.2, -0.15) is 0 Å². The molecule has 0 spiro atoms. The monoisotopic (exact) mass is 844 g/mol. The summed E-state index contributed by atoms with van der Waals surface area (Å²) in [7, 11) is 9.12. The first kappa shape index (κ1) is 50.4. The second kappa shape index (κ2) is 43.5. The van der Waals surface area contributed by atoms with Crippen molar-refractivity contribution in [1.29, 1.82) is 0 Å². The number of rotatable bonds is 21. The van der Waals surface area contributed by atoms with Crippen LogP contribution >= 0.6 is 11.6 Å². The highest BCUT2D eigenvalue weighted by molar-refractivity contribution is 8.70. The maximum absolute atomic E-state index is 11.7. The van der Waals surface area contributed by atoms with Gasteiger partial charge in [-0.25, -0.2) is 0 Å². The summed E-state index contributed by atoms with van der Waals surface area (Å²) < 4.78 is 0. The van der Waals surface area contributed by atoms with Crippen molar-refractivity contribution >= 4 is 110 Å². The van der Waals surface area contributed by atoms with Crippen molar-refractivity contribution in [2.24, 2.45) is 0 Å². The van der Waals surface area contributed by atoms with E-state index >= 15 is 0 Å². The first-order chi connectivity index (χ1) is 23.9. The summed E-state index contributed by atoms with van der Waals surface area (Å²) in [5, 5.41) is 2.70. The Hall–Kier alpha value is -0.710. The van der Waals surface area contributed by atoms with Crippen LogP contribution in [0.15, 0.2) is 49.1 Å². The predicted molar refractivity (Wildman–Crippen MR) is 235 cm³/mol. The molecule has 0 saturated carbocycles. The number of nitrogen functional groups attached to an aromatic ring is 1. The number of pyridine rings is 2. The Bertz CT molecular complexity index is 1280. The Kier molecular flexibility index (Phi) is 44.7. The summed E-state index contributed by atoms with van der Waals surface area (Å²) in [6, 6.07) is 7.13. The Morgan fingerprint density at radius 3 is 1.33 bits per heavy atom. The van der Waals surface area contributed by atoms with E-state index in [9.17, 15) is 9.59 Å². The number of anilines is 2. The lowest BCUT2D eigenvalue weighted by Crippen LogP contribution is -2.10. The summed E-state index contributed by atoms with van der Waals surface area (Å²) in [6.45, 7) is 4.49. The number of amides is 1. The summed E-state index contributed by atoms with van der Waals surface area (Å²) in [6.07, 6.45) is 30.9. The molecule has 0 aliphatic rings. The van der Waals surface area contributed by atoms with Gasteiger partial charge in [-0.3, -0.25) is 19.6 Å². The number of hydrogen-bond donors (Lipinski definition) is 2. The average Bonchev–Trinajstić information content (AvgIpc) is 3.10. The molecule has 2 aromatic rings. The molecule has 0 unspecified atom stereocenters. The fourth-order valence-corrected chi connectivity index (χ4v) is 15.3. The van der Waals surface area contributed by atoms with Gasteiger partial charge in [-0.15, -0.1) is 0 Å². The van der Waals surface area contributed by atoms with Gasteiger partial charge in [0, 0.05) is 125 Å². The first-order valence-corrected chi connectivity index (χ1v) is 26.9. The van der Waals surface area contributed by atoms with Crippen LogP contribution < -0.4 is 11.1 Å². The second-order valence-corrected chi connectivity index (χ2v) is 22.0. The van der Waals surface area contributed by atoms with E-state index in [4.69, 9.17) is 17.3 Å². The third-order valence-electron chi connectivity index (χ3n) is 6.79. The maximum atomic E-state index is 11.7. The molecule has 2 aromatic heterocycles. The van der Waals surface area contributed by atoms with Crippen LogP contribution in [0.5, 0.6) is 0 Å². The maximum Gasteiger partial charge on any atom is 0.224 e. The molecule has 2 rings (SSSR count). The van der Waals surface area contributed by atoms with Gasteiger partial charge in [0.1, 0.15) is 0 Å². The third-order valence-corrected chi connectivity index (χ3v) is 18.1. The molecule has 15 heteroatoms. The zero-order valence-corrected chi connectivity index (χ0v) is 36.5. The molecular weight excluding hydrogens is 788 g/mol. The summed E-state index contributed by atoms with van der Waals surface area (Å²) in [4.78, 5) is 29.8. The van der Waals surface area contributed by atoms with Gasteiger partial charge in [0.2, 0.25) is 11.1 Å². The van der Waals surface area contributed by atoms with Gasteiger partial charge in [0.25, 0.3) is 0 Å². The zero-order chi connectivity index (χ0) is 36.5. The smallest absolute Gasteiger partial charge is 0.224 e. The number of nitrogens with two attached hydrogens (primary N) is 1. The second-order valence-electron chi connectivity index (χ2n) is 11.0. The van der Waals surface area contributed by atoms with Gasteiger partial charge in [0.05, 0.1) is 0 Å².